The van der Waals surface area contributed by atoms with Crippen molar-refractivity contribution in [2.75, 3.05) is 19.6 Å². The zero-order chi connectivity index (χ0) is 15.7. The lowest BCUT2D eigenvalue weighted by molar-refractivity contribution is -0.274. The van der Waals surface area contributed by atoms with Crippen molar-refractivity contribution in [1.82, 2.24) is 10.6 Å². The summed E-state index contributed by atoms with van der Waals surface area (Å²) in [6, 6.07) is 5.83. The molecule has 2 N–H and O–H groups in total. The molecule has 0 atom stereocenters. The fraction of sp³-hybridized carbons (Fsp3) is 0.500. The monoisotopic (exact) mass is 304 g/mol. The number of rotatable bonds is 8. The molecule has 1 aromatic rings. The molecule has 0 aliphatic rings. The molecule has 0 saturated heterocycles. The second-order valence-corrected chi connectivity index (χ2v) is 4.36. The predicted molar refractivity (Wildman–Crippen MR) is 73.0 cm³/mol. The molecule has 0 aliphatic carbocycles. The van der Waals surface area contributed by atoms with Gasteiger partial charge in [0.05, 0.1) is 0 Å². The van der Waals surface area contributed by atoms with E-state index in [-0.39, 0.29) is 24.5 Å². The molecule has 0 saturated carbocycles. The number of alkyl halides is 3. The number of ether oxygens (including phenoxy) is 1. The van der Waals surface area contributed by atoms with Gasteiger partial charge in [-0.3, -0.25) is 4.79 Å². The van der Waals surface area contributed by atoms with Crippen LogP contribution < -0.4 is 15.4 Å². The molecule has 1 aromatic carbocycles. The molecule has 21 heavy (non-hydrogen) atoms. The Bertz CT molecular complexity index is 450. The number of amides is 1. The molecule has 0 radical (unpaired) electrons. The van der Waals surface area contributed by atoms with Gasteiger partial charge in [-0.1, -0.05) is 25.1 Å². The molecular formula is C14H19F3N2O2. The van der Waals surface area contributed by atoms with Crippen molar-refractivity contribution >= 4 is 5.91 Å². The number of para-hydroxylation sites is 1. The van der Waals surface area contributed by atoms with Gasteiger partial charge in [0.1, 0.15) is 5.75 Å². The molecule has 0 aromatic heterocycles. The van der Waals surface area contributed by atoms with E-state index in [0.29, 0.717) is 18.7 Å². The van der Waals surface area contributed by atoms with E-state index < -0.39 is 6.36 Å². The fourth-order valence-corrected chi connectivity index (χ4v) is 1.74. The lowest BCUT2D eigenvalue weighted by Gasteiger charge is -2.13. The van der Waals surface area contributed by atoms with Crippen LogP contribution in [0.4, 0.5) is 13.2 Å². The second kappa shape index (κ2) is 8.51. The molecule has 0 heterocycles. The highest BCUT2D eigenvalue weighted by molar-refractivity contribution is 5.76. The Morgan fingerprint density at radius 3 is 2.62 bits per heavy atom. The minimum absolute atomic E-state index is 0.115. The van der Waals surface area contributed by atoms with Crippen molar-refractivity contribution in [2.24, 2.45) is 0 Å². The van der Waals surface area contributed by atoms with Crippen molar-refractivity contribution in [3.05, 3.63) is 29.8 Å². The first-order chi connectivity index (χ1) is 9.92. The summed E-state index contributed by atoms with van der Waals surface area (Å²) in [6.45, 7) is 3.93. The smallest absolute Gasteiger partial charge is 0.406 e. The minimum atomic E-state index is -4.73. The van der Waals surface area contributed by atoms with E-state index >= 15 is 0 Å². The van der Waals surface area contributed by atoms with Crippen LogP contribution in [0.25, 0.3) is 0 Å². The minimum Gasteiger partial charge on any atom is -0.406 e. The number of nitrogens with one attached hydrogen (secondary N) is 2. The fourth-order valence-electron chi connectivity index (χ4n) is 1.74. The summed E-state index contributed by atoms with van der Waals surface area (Å²) in [6.07, 6.45) is -4.42. The molecule has 118 valence electrons. The van der Waals surface area contributed by atoms with Crippen molar-refractivity contribution in [2.45, 2.75) is 26.1 Å². The number of carbonyl (C=O) groups excluding carboxylic acids is 1. The Morgan fingerprint density at radius 2 is 1.95 bits per heavy atom. The van der Waals surface area contributed by atoms with Crippen LogP contribution in [0.1, 0.15) is 18.9 Å². The van der Waals surface area contributed by atoms with Gasteiger partial charge in [-0.2, -0.15) is 0 Å². The number of halogens is 3. The normalized spacial score (nSPS) is 11.2. The maximum Gasteiger partial charge on any atom is 0.573 e. The maximum absolute atomic E-state index is 12.3. The first kappa shape index (κ1) is 17.3. The van der Waals surface area contributed by atoms with Crippen LogP contribution in [0.3, 0.4) is 0 Å². The molecule has 0 unspecified atom stereocenters. The van der Waals surface area contributed by atoms with E-state index in [2.05, 4.69) is 15.4 Å². The average molecular weight is 304 g/mol. The Kier molecular flexibility index (Phi) is 7.01. The number of aryl methyl sites for hydroxylation is 1. The summed E-state index contributed by atoms with van der Waals surface area (Å²) in [4.78, 5) is 11.6. The Balaban J connectivity index is 2.46. The van der Waals surface area contributed by atoms with Gasteiger partial charge in [0.2, 0.25) is 5.91 Å². The summed E-state index contributed by atoms with van der Waals surface area (Å²) >= 11 is 0. The van der Waals surface area contributed by atoms with E-state index in [0.717, 1.165) is 6.54 Å². The van der Waals surface area contributed by atoms with Crippen molar-refractivity contribution in [3.8, 4) is 5.75 Å². The zero-order valence-corrected chi connectivity index (χ0v) is 11.8. The van der Waals surface area contributed by atoms with Gasteiger partial charge in [-0.15, -0.1) is 13.2 Å². The first-order valence-corrected chi connectivity index (χ1v) is 6.73. The molecular weight excluding hydrogens is 285 g/mol. The predicted octanol–water partition coefficient (Wildman–Crippen LogP) is 2.24. The quantitative estimate of drug-likeness (QED) is 0.724. The molecule has 1 amide bonds. The van der Waals surface area contributed by atoms with Gasteiger partial charge in [0.15, 0.2) is 0 Å². The van der Waals surface area contributed by atoms with Crippen molar-refractivity contribution in [3.63, 3.8) is 0 Å². The van der Waals surface area contributed by atoms with Crippen LogP contribution in [0.15, 0.2) is 24.3 Å². The average Bonchev–Trinajstić information content (AvgIpc) is 2.41. The summed E-state index contributed by atoms with van der Waals surface area (Å²) in [5, 5.41) is 5.74. The SMILES string of the molecule is CCNCCNC(=O)CCc1ccccc1OC(F)(F)F. The van der Waals surface area contributed by atoms with E-state index in [1.54, 1.807) is 6.07 Å². The molecule has 0 spiro atoms. The molecule has 0 bridgehead atoms. The molecule has 1 rings (SSSR count). The number of likely N-dealkylation sites (N-methyl/N-ethyl adjacent to an activating group) is 1. The standard InChI is InChI=1S/C14H19F3N2O2/c1-2-18-9-10-19-13(20)8-7-11-5-3-4-6-12(11)21-14(15,16)17/h3-6,18H,2,7-10H2,1H3,(H,19,20). The highest BCUT2D eigenvalue weighted by Gasteiger charge is 2.31. The van der Waals surface area contributed by atoms with Gasteiger partial charge in [0, 0.05) is 19.5 Å². The van der Waals surface area contributed by atoms with Crippen LogP contribution in [0.2, 0.25) is 0 Å². The van der Waals surface area contributed by atoms with E-state index in [1.807, 2.05) is 6.92 Å². The van der Waals surface area contributed by atoms with Gasteiger partial charge in [-0.25, -0.2) is 0 Å². The third-order valence-corrected chi connectivity index (χ3v) is 2.69. The van der Waals surface area contributed by atoms with E-state index in [9.17, 15) is 18.0 Å². The van der Waals surface area contributed by atoms with Gasteiger partial charge in [-0.05, 0) is 24.6 Å². The molecule has 4 nitrogen and oxygen atoms in total. The number of hydrogen-bond donors (Lipinski definition) is 2. The van der Waals surface area contributed by atoms with Crippen molar-refractivity contribution in [1.29, 1.82) is 0 Å². The summed E-state index contributed by atoms with van der Waals surface area (Å²) in [7, 11) is 0. The molecule has 0 aliphatic heterocycles. The summed E-state index contributed by atoms with van der Waals surface area (Å²) in [5.74, 6) is -0.458. The highest BCUT2D eigenvalue weighted by Crippen LogP contribution is 2.26. The van der Waals surface area contributed by atoms with Crippen LogP contribution in [0, 0.1) is 0 Å². The molecule has 0 fully saturated rings. The number of hydrogen-bond acceptors (Lipinski definition) is 3. The third kappa shape index (κ3) is 7.55. The Morgan fingerprint density at radius 1 is 1.24 bits per heavy atom. The second-order valence-electron chi connectivity index (χ2n) is 4.36. The van der Waals surface area contributed by atoms with Gasteiger partial charge < -0.3 is 15.4 Å². The van der Waals surface area contributed by atoms with Crippen molar-refractivity contribution < 1.29 is 22.7 Å². The van der Waals surface area contributed by atoms with E-state index in [1.165, 1.54) is 18.2 Å². The van der Waals surface area contributed by atoms with Gasteiger partial charge in [0.25, 0.3) is 0 Å². The van der Waals surface area contributed by atoms with Crippen LogP contribution in [0.5, 0.6) is 5.75 Å². The van der Waals surface area contributed by atoms with Crippen LogP contribution in [-0.2, 0) is 11.2 Å². The van der Waals surface area contributed by atoms with Gasteiger partial charge >= 0.3 is 6.36 Å². The van der Waals surface area contributed by atoms with E-state index in [4.69, 9.17) is 0 Å². The number of benzene rings is 1. The van der Waals surface area contributed by atoms with Crippen LogP contribution >= 0.6 is 0 Å². The Labute approximate surface area is 121 Å². The Hall–Kier alpha value is -1.76. The summed E-state index contributed by atoms with van der Waals surface area (Å²) < 4.78 is 40.7. The lowest BCUT2D eigenvalue weighted by Crippen LogP contribution is -2.31. The third-order valence-electron chi connectivity index (χ3n) is 2.69. The maximum atomic E-state index is 12.3. The molecule has 7 heteroatoms. The zero-order valence-electron chi connectivity index (χ0n) is 11.8. The number of carbonyl (C=O) groups is 1. The lowest BCUT2D eigenvalue weighted by atomic mass is 10.1. The first-order valence-electron chi connectivity index (χ1n) is 6.73. The highest BCUT2D eigenvalue weighted by atomic mass is 19.4. The van der Waals surface area contributed by atoms with Crippen LogP contribution in [-0.4, -0.2) is 31.9 Å². The largest absolute Gasteiger partial charge is 0.573 e. The summed E-state index contributed by atoms with van der Waals surface area (Å²) in [5.41, 5.74) is 0.358. The topological polar surface area (TPSA) is 50.4 Å².